The molecule has 0 radical (unpaired) electrons. The molecule has 0 aliphatic carbocycles. The van der Waals surface area contributed by atoms with Crippen molar-refractivity contribution in [3.8, 4) is 73.2 Å². The van der Waals surface area contributed by atoms with E-state index in [0.29, 0.717) is 17.5 Å². The number of hydrogen-bond donors (Lipinski definition) is 0. The predicted molar refractivity (Wildman–Crippen MR) is 264 cm³/mol. The van der Waals surface area contributed by atoms with Crippen LogP contribution in [0.15, 0.2) is 211 Å². The van der Waals surface area contributed by atoms with E-state index in [-0.39, 0.29) is 0 Å². The van der Waals surface area contributed by atoms with Crippen LogP contribution in [0.1, 0.15) is 11.1 Å². The molecule has 0 fully saturated rings. The number of nitrogens with zero attached hydrogens (tertiary/aromatic N) is 4. The first-order valence-corrected chi connectivity index (χ1v) is 21.7. The van der Waals surface area contributed by atoms with Gasteiger partial charge in [-0.05, 0) is 101 Å². The molecule has 5 heteroatoms. The fourth-order valence-electron chi connectivity index (χ4n) is 9.33. The van der Waals surface area contributed by atoms with Crippen LogP contribution >= 0.6 is 0 Å². The molecule has 5 nitrogen and oxygen atoms in total. The van der Waals surface area contributed by atoms with E-state index in [4.69, 9.17) is 19.4 Å². The van der Waals surface area contributed by atoms with Gasteiger partial charge in [0.25, 0.3) is 0 Å². The van der Waals surface area contributed by atoms with Crippen molar-refractivity contribution in [2.75, 3.05) is 0 Å². The summed E-state index contributed by atoms with van der Waals surface area (Å²) in [5.74, 6) is 1.80. The first-order chi connectivity index (χ1) is 31.5. The molecule has 0 aliphatic heterocycles. The summed E-state index contributed by atoms with van der Waals surface area (Å²) >= 11 is 0. The average Bonchev–Trinajstić information content (AvgIpc) is 3.89. The molecule has 0 saturated heterocycles. The standard InChI is InChI=1S/C59H40N4O/c1-37-15-9-11-21-45(37)43-25-29-47-48-30-26-44(46-22-12-10-16-38(46)2)36-54(48)63(53(47)35-43)52-31-27-41(42-28-32-56-50(33-42)49-23-13-14-24-55(49)64-56)34-51(52)59-61-57(39-17-5-3-6-18-39)60-58(62-59)40-19-7-4-8-20-40/h3-36H,1-2H3. The number of aryl methyl sites for hydroxylation is 2. The third-order valence-corrected chi connectivity index (χ3v) is 12.6. The lowest BCUT2D eigenvalue weighted by molar-refractivity contribution is 0.669. The quantitative estimate of drug-likeness (QED) is 0.161. The van der Waals surface area contributed by atoms with Gasteiger partial charge in [-0.1, -0.05) is 164 Å². The zero-order valence-corrected chi connectivity index (χ0v) is 35.3. The maximum Gasteiger partial charge on any atom is 0.166 e. The zero-order valence-electron chi connectivity index (χ0n) is 35.3. The van der Waals surface area contributed by atoms with Gasteiger partial charge in [0.2, 0.25) is 0 Å². The minimum absolute atomic E-state index is 0.583. The molecule has 0 aliphatic rings. The normalized spacial score (nSPS) is 11.6. The highest BCUT2D eigenvalue weighted by atomic mass is 16.3. The van der Waals surface area contributed by atoms with Crippen molar-refractivity contribution in [2.45, 2.75) is 13.8 Å². The van der Waals surface area contributed by atoms with Crippen molar-refractivity contribution in [3.05, 3.63) is 217 Å². The highest BCUT2D eigenvalue weighted by molar-refractivity contribution is 6.12. The van der Waals surface area contributed by atoms with Gasteiger partial charge in [0, 0.05) is 38.2 Å². The molecule has 302 valence electrons. The summed E-state index contributed by atoms with van der Waals surface area (Å²) in [5.41, 5.74) is 16.9. The van der Waals surface area contributed by atoms with E-state index in [1.807, 2.05) is 48.5 Å². The Morgan fingerprint density at radius 2 is 0.812 bits per heavy atom. The number of benzene rings is 9. The summed E-state index contributed by atoms with van der Waals surface area (Å²) in [6.45, 7) is 4.36. The Bertz CT molecular complexity index is 3590. The lowest BCUT2D eigenvalue weighted by atomic mass is 9.98. The Kier molecular flexibility index (Phi) is 8.87. The van der Waals surface area contributed by atoms with Gasteiger partial charge >= 0.3 is 0 Å². The number of hydrogen-bond acceptors (Lipinski definition) is 4. The van der Waals surface area contributed by atoms with Gasteiger partial charge in [-0.15, -0.1) is 0 Å². The zero-order chi connectivity index (χ0) is 42.7. The van der Waals surface area contributed by atoms with Crippen molar-refractivity contribution in [2.24, 2.45) is 0 Å². The largest absolute Gasteiger partial charge is 0.456 e. The van der Waals surface area contributed by atoms with Crippen LogP contribution in [0, 0.1) is 13.8 Å². The van der Waals surface area contributed by atoms with Crippen LogP contribution in [0.4, 0.5) is 0 Å². The van der Waals surface area contributed by atoms with Gasteiger partial charge in [0.1, 0.15) is 11.2 Å². The number of fused-ring (bicyclic) bond motifs is 6. The molecular formula is C59H40N4O. The van der Waals surface area contributed by atoms with Crippen LogP contribution in [0.2, 0.25) is 0 Å². The lowest BCUT2D eigenvalue weighted by Gasteiger charge is -2.17. The van der Waals surface area contributed by atoms with E-state index in [2.05, 4.69) is 176 Å². The molecule has 0 spiro atoms. The highest BCUT2D eigenvalue weighted by Crippen LogP contribution is 2.42. The van der Waals surface area contributed by atoms with Gasteiger partial charge in [0.05, 0.1) is 16.7 Å². The smallest absolute Gasteiger partial charge is 0.166 e. The van der Waals surface area contributed by atoms with Crippen molar-refractivity contribution in [1.29, 1.82) is 0 Å². The summed E-state index contributed by atoms with van der Waals surface area (Å²) in [4.78, 5) is 15.8. The minimum atomic E-state index is 0.583. The van der Waals surface area contributed by atoms with Crippen LogP contribution in [0.25, 0.3) is 117 Å². The van der Waals surface area contributed by atoms with E-state index in [1.54, 1.807) is 0 Å². The topological polar surface area (TPSA) is 56.7 Å². The molecule has 3 heterocycles. The van der Waals surface area contributed by atoms with Gasteiger partial charge in [-0.3, -0.25) is 0 Å². The van der Waals surface area contributed by atoms with Crippen LogP contribution in [0.5, 0.6) is 0 Å². The average molecular weight is 821 g/mol. The molecule has 0 bridgehead atoms. The maximum atomic E-state index is 6.26. The fraction of sp³-hybridized carbons (Fsp3) is 0.0339. The number of furan rings is 1. The van der Waals surface area contributed by atoms with Gasteiger partial charge < -0.3 is 8.98 Å². The Balaban J connectivity index is 1.18. The second-order valence-corrected chi connectivity index (χ2v) is 16.5. The Morgan fingerprint density at radius 3 is 1.42 bits per heavy atom. The summed E-state index contributed by atoms with van der Waals surface area (Å²) in [5, 5.41) is 4.50. The molecule has 0 saturated carbocycles. The molecule has 0 atom stereocenters. The minimum Gasteiger partial charge on any atom is -0.456 e. The first-order valence-electron chi connectivity index (χ1n) is 21.7. The molecule has 12 aromatic rings. The lowest BCUT2D eigenvalue weighted by Crippen LogP contribution is -2.04. The summed E-state index contributed by atoms with van der Waals surface area (Å²) in [6, 6.07) is 72.8. The van der Waals surface area contributed by atoms with Crippen molar-refractivity contribution >= 4 is 43.7 Å². The predicted octanol–water partition coefficient (Wildman–Crippen LogP) is 15.5. The van der Waals surface area contributed by atoms with Crippen LogP contribution in [-0.2, 0) is 0 Å². The number of aromatic nitrogens is 4. The molecule has 3 aromatic heterocycles. The van der Waals surface area contributed by atoms with E-state index < -0.39 is 0 Å². The molecule has 12 rings (SSSR count). The summed E-state index contributed by atoms with van der Waals surface area (Å²) < 4.78 is 8.69. The number of para-hydroxylation sites is 1. The van der Waals surface area contributed by atoms with Gasteiger partial charge in [0.15, 0.2) is 17.5 Å². The van der Waals surface area contributed by atoms with Gasteiger partial charge in [-0.25, -0.2) is 15.0 Å². The molecule has 9 aromatic carbocycles. The number of rotatable bonds is 7. The molecule has 0 N–H and O–H groups in total. The molecule has 0 amide bonds. The fourth-order valence-corrected chi connectivity index (χ4v) is 9.33. The van der Waals surface area contributed by atoms with E-state index in [9.17, 15) is 0 Å². The van der Waals surface area contributed by atoms with Crippen LogP contribution < -0.4 is 0 Å². The summed E-state index contributed by atoms with van der Waals surface area (Å²) in [6.07, 6.45) is 0. The van der Waals surface area contributed by atoms with E-state index in [0.717, 1.165) is 77.6 Å². The van der Waals surface area contributed by atoms with Crippen LogP contribution in [-0.4, -0.2) is 19.5 Å². The van der Waals surface area contributed by atoms with Crippen molar-refractivity contribution in [1.82, 2.24) is 19.5 Å². The van der Waals surface area contributed by atoms with Crippen molar-refractivity contribution < 1.29 is 4.42 Å². The second kappa shape index (κ2) is 15.2. The summed E-state index contributed by atoms with van der Waals surface area (Å²) in [7, 11) is 0. The van der Waals surface area contributed by atoms with E-state index >= 15 is 0 Å². The molecule has 64 heavy (non-hydrogen) atoms. The maximum absolute atomic E-state index is 6.26. The Labute approximate surface area is 370 Å². The Morgan fingerprint density at radius 1 is 0.328 bits per heavy atom. The van der Waals surface area contributed by atoms with E-state index in [1.165, 1.54) is 33.0 Å². The SMILES string of the molecule is Cc1ccccc1-c1ccc2c3ccc(-c4ccccc4C)cc3n(-c3ccc(-c4ccc5oc6ccccc6c5c4)cc3-c3nc(-c4ccccc4)nc(-c4ccccc4)n3)c2c1. The second-order valence-electron chi connectivity index (χ2n) is 16.5. The van der Waals surface area contributed by atoms with Crippen LogP contribution in [0.3, 0.4) is 0 Å². The third-order valence-electron chi connectivity index (χ3n) is 12.6. The monoisotopic (exact) mass is 820 g/mol. The Hall–Kier alpha value is -8.41. The molecule has 0 unspecified atom stereocenters. The highest BCUT2D eigenvalue weighted by Gasteiger charge is 2.22. The first kappa shape index (κ1) is 37.4. The van der Waals surface area contributed by atoms with Crippen molar-refractivity contribution in [3.63, 3.8) is 0 Å². The van der Waals surface area contributed by atoms with Gasteiger partial charge in [-0.2, -0.15) is 0 Å². The third kappa shape index (κ3) is 6.37. The molecular weight excluding hydrogens is 781 g/mol.